The molecule has 2 aromatic rings. The molecule has 0 radical (unpaired) electrons. The van der Waals surface area contributed by atoms with Crippen molar-refractivity contribution >= 4 is 0 Å². The molecule has 2 rings (SSSR count). The van der Waals surface area contributed by atoms with Gasteiger partial charge in [0.05, 0.1) is 23.6 Å². The molecule has 106 valence electrons. The first-order valence-electron chi connectivity index (χ1n) is 5.86. The number of aromatic nitrogens is 1. The summed E-state index contributed by atoms with van der Waals surface area (Å²) in [5.41, 5.74) is -0.430. The van der Waals surface area contributed by atoms with Gasteiger partial charge in [0.15, 0.2) is 0 Å². The van der Waals surface area contributed by atoms with Crippen molar-refractivity contribution in [1.82, 2.24) is 4.98 Å². The van der Waals surface area contributed by atoms with Crippen molar-refractivity contribution in [3.8, 4) is 11.5 Å². The van der Waals surface area contributed by atoms with Crippen molar-refractivity contribution in [3.63, 3.8) is 0 Å². The average Bonchev–Trinajstić information content (AvgIpc) is 2.38. The van der Waals surface area contributed by atoms with E-state index in [-0.39, 0.29) is 11.5 Å². The van der Waals surface area contributed by atoms with E-state index in [1.165, 1.54) is 36.5 Å². The van der Waals surface area contributed by atoms with Gasteiger partial charge >= 0.3 is 6.18 Å². The normalized spacial score (nSPS) is 13.1. The quantitative estimate of drug-likeness (QED) is 0.927. The van der Waals surface area contributed by atoms with Crippen LogP contribution in [-0.4, -0.2) is 10.1 Å². The fraction of sp³-hybridized carbons (Fsp3) is 0.214. The fourth-order valence-corrected chi connectivity index (χ4v) is 1.62. The fourth-order valence-electron chi connectivity index (χ4n) is 1.62. The minimum absolute atomic E-state index is 0.172. The summed E-state index contributed by atoms with van der Waals surface area (Å²) in [5.74, 6) is -0.113. The molecule has 1 atom stereocenters. The van der Waals surface area contributed by atoms with Crippen LogP contribution >= 0.6 is 0 Å². The summed E-state index contributed by atoms with van der Waals surface area (Å²) in [4.78, 5) is 3.91. The number of nitrogens with zero attached hydrogens (tertiary/aromatic N) is 1. The molecule has 6 heteroatoms. The lowest BCUT2D eigenvalue weighted by molar-refractivity contribution is -0.138. The van der Waals surface area contributed by atoms with Gasteiger partial charge in [0, 0.05) is 0 Å². The molecule has 0 bridgehead atoms. The van der Waals surface area contributed by atoms with Gasteiger partial charge in [-0.3, -0.25) is 4.98 Å². The summed E-state index contributed by atoms with van der Waals surface area (Å²) in [6.07, 6.45) is -3.95. The molecule has 0 aliphatic carbocycles. The topological polar surface area (TPSA) is 42.4 Å². The highest BCUT2D eigenvalue weighted by Gasteiger charge is 2.34. The lowest BCUT2D eigenvalue weighted by atomic mass is 10.2. The van der Waals surface area contributed by atoms with Crippen LogP contribution in [0.1, 0.15) is 24.3 Å². The number of pyridine rings is 1. The Labute approximate surface area is 113 Å². The second-order valence-electron chi connectivity index (χ2n) is 4.19. The maximum Gasteiger partial charge on any atom is 0.419 e. The standard InChI is InChI=1S/C14H12F3NO2/c1-9(19)12-7-6-10(8-18-12)20-13-5-3-2-4-11(13)14(15,16)17/h2-9,19H,1H3. The molecule has 1 aromatic heterocycles. The summed E-state index contributed by atoms with van der Waals surface area (Å²) in [5, 5.41) is 9.30. The Morgan fingerprint density at radius 2 is 1.85 bits per heavy atom. The van der Waals surface area contributed by atoms with Gasteiger partial charge in [-0.25, -0.2) is 0 Å². The van der Waals surface area contributed by atoms with Gasteiger partial charge in [-0.2, -0.15) is 13.2 Å². The lowest BCUT2D eigenvalue weighted by Crippen LogP contribution is -2.06. The summed E-state index contributed by atoms with van der Waals surface area (Å²) in [6, 6.07) is 7.91. The van der Waals surface area contributed by atoms with Gasteiger partial charge in [0.2, 0.25) is 0 Å². The Morgan fingerprint density at radius 1 is 1.15 bits per heavy atom. The van der Waals surface area contributed by atoms with Crippen molar-refractivity contribution < 1.29 is 23.0 Å². The highest BCUT2D eigenvalue weighted by atomic mass is 19.4. The van der Waals surface area contributed by atoms with E-state index in [1.807, 2.05) is 0 Å². The number of rotatable bonds is 3. The molecular weight excluding hydrogens is 271 g/mol. The first-order valence-corrected chi connectivity index (χ1v) is 5.86. The second-order valence-corrected chi connectivity index (χ2v) is 4.19. The van der Waals surface area contributed by atoms with Crippen LogP contribution in [0.2, 0.25) is 0 Å². The molecule has 0 amide bonds. The highest BCUT2D eigenvalue weighted by molar-refractivity contribution is 5.39. The summed E-state index contributed by atoms with van der Waals surface area (Å²) in [6.45, 7) is 1.54. The van der Waals surface area contributed by atoms with E-state index >= 15 is 0 Å². The molecule has 20 heavy (non-hydrogen) atoms. The Bertz CT molecular complexity index is 580. The summed E-state index contributed by atoms with van der Waals surface area (Å²) >= 11 is 0. The summed E-state index contributed by atoms with van der Waals surface area (Å²) in [7, 11) is 0. The molecule has 0 saturated heterocycles. The summed E-state index contributed by atoms with van der Waals surface area (Å²) < 4.78 is 43.6. The first-order chi connectivity index (χ1) is 9.38. The van der Waals surface area contributed by atoms with E-state index < -0.39 is 17.8 Å². The van der Waals surface area contributed by atoms with Crippen LogP contribution in [0.15, 0.2) is 42.6 Å². The molecule has 0 fully saturated rings. The van der Waals surface area contributed by atoms with Gasteiger partial charge in [-0.1, -0.05) is 12.1 Å². The third-order valence-corrected chi connectivity index (χ3v) is 2.61. The monoisotopic (exact) mass is 283 g/mol. The van der Waals surface area contributed by atoms with Crippen molar-refractivity contribution in [2.75, 3.05) is 0 Å². The zero-order chi connectivity index (χ0) is 14.8. The molecule has 1 unspecified atom stereocenters. The Morgan fingerprint density at radius 3 is 2.40 bits per heavy atom. The van der Waals surface area contributed by atoms with Crippen LogP contribution in [0.4, 0.5) is 13.2 Å². The van der Waals surface area contributed by atoms with Crippen LogP contribution in [-0.2, 0) is 6.18 Å². The minimum Gasteiger partial charge on any atom is -0.455 e. The number of hydrogen-bond donors (Lipinski definition) is 1. The number of halogens is 3. The van der Waals surface area contributed by atoms with Crippen LogP contribution in [0.3, 0.4) is 0 Å². The highest BCUT2D eigenvalue weighted by Crippen LogP contribution is 2.37. The van der Waals surface area contributed by atoms with Crippen molar-refractivity contribution in [2.24, 2.45) is 0 Å². The zero-order valence-electron chi connectivity index (χ0n) is 10.6. The smallest absolute Gasteiger partial charge is 0.419 e. The van der Waals surface area contributed by atoms with Crippen LogP contribution in [0, 0.1) is 0 Å². The van der Waals surface area contributed by atoms with Gasteiger partial charge in [-0.05, 0) is 31.2 Å². The van der Waals surface area contributed by atoms with Crippen LogP contribution in [0.5, 0.6) is 11.5 Å². The number of aliphatic hydroxyl groups is 1. The number of para-hydroxylation sites is 1. The Kier molecular flexibility index (Phi) is 3.94. The van der Waals surface area contributed by atoms with Crippen molar-refractivity contribution in [2.45, 2.75) is 19.2 Å². The van der Waals surface area contributed by atoms with E-state index in [9.17, 15) is 18.3 Å². The average molecular weight is 283 g/mol. The molecule has 3 nitrogen and oxygen atoms in total. The molecule has 1 N–H and O–H groups in total. The number of aliphatic hydroxyl groups excluding tert-OH is 1. The maximum absolute atomic E-state index is 12.8. The molecule has 0 aliphatic heterocycles. The molecule has 0 spiro atoms. The van der Waals surface area contributed by atoms with E-state index in [0.717, 1.165) is 6.07 Å². The van der Waals surface area contributed by atoms with Gasteiger partial charge in [0.25, 0.3) is 0 Å². The molecule has 0 aliphatic rings. The van der Waals surface area contributed by atoms with E-state index in [2.05, 4.69) is 4.98 Å². The number of ether oxygens (including phenoxy) is 1. The van der Waals surface area contributed by atoms with Gasteiger partial charge in [0.1, 0.15) is 11.5 Å². The molecule has 1 heterocycles. The van der Waals surface area contributed by atoms with Crippen molar-refractivity contribution in [1.29, 1.82) is 0 Å². The number of benzene rings is 1. The third-order valence-electron chi connectivity index (χ3n) is 2.61. The third kappa shape index (κ3) is 3.27. The van der Waals surface area contributed by atoms with E-state index in [4.69, 9.17) is 4.74 Å². The minimum atomic E-state index is -4.48. The van der Waals surface area contributed by atoms with E-state index in [0.29, 0.717) is 5.69 Å². The number of hydrogen-bond acceptors (Lipinski definition) is 3. The second kappa shape index (κ2) is 5.50. The Balaban J connectivity index is 2.26. The SMILES string of the molecule is CC(O)c1ccc(Oc2ccccc2C(F)(F)F)cn1. The van der Waals surface area contributed by atoms with Crippen LogP contribution < -0.4 is 4.74 Å². The predicted molar refractivity (Wildman–Crippen MR) is 66.4 cm³/mol. The molecular formula is C14H12F3NO2. The predicted octanol–water partition coefficient (Wildman–Crippen LogP) is 3.95. The molecule has 0 saturated carbocycles. The number of alkyl halides is 3. The van der Waals surface area contributed by atoms with Crippen LogP contribution in [0.25, 0.3) is 0 Å². The lowest BCUT2D eigenvalue weighted by Gasteiger charge is -2.13. The van der Waals surface area contributed by atoms with E-state index in [1.54, 1.807) is 6.92 Å². The largest absolute Gasteiger partial charge is 0.455 e. The zero-order valence-corrected chi connectivity index (χ0v) is 10.6. The first kappa shape index (κ1) is 14.3. The van der Waals surface area contributed by atoms with Gasteiger partial charge < -0.3 is 9.84 Å². The van der Waals surface area contributed by atoms with Gasteiger partial charge in [-0.15, -0.1) is 0 Å². The maximum atomic E-state index is 12.8. The molecule has 1 aromatic carbocycles. The van der Waals surface area contributed by atoms with Crippen molar-refractivity contribution in [3.05, 3.63) is 53.9 Å². The Hall–Kier alpha value is -2.08.